The number of carbonyl (C=O) groups excluding carboxylic acids is 1. The minimum atomic E-state index is -0.113. The van der Waals surface area contributed by atoms with Crippen LogP contribution in [0.25, 0.3) is 10.9 Å². The van der Waals surface area contributed by atoms with E-state index in [1.165, 1.54) is 6.92 Å². The van der Waals surface area contributed by atoms with E-state index in [-0.39, 0.29) is 12.5 Å². The Labute approximate surface area is 145 Å². The summed E-state index contributed by atoms with van der Waals surface area (Å²) in [4.78, 5) is 20.1. The molecule has 0 unspecified atom stereocenters. The van der Waals surface area contributed by atoms with Gasteiger partial charge in [0.25, 0.3) is 0 Å². The number of aromatic nitrogens is 2. The molecule has 0 radical (unpaired) electrons. The first-order valence-corrected chi connectivity index (χ1v) is 7.92. The van der Waals surface area contributed by atoms with Crippen molar-refractivity contribution in [3.8, 4) is 0 Å². The van der Waals surface area contributed by atoms with E-state index in [0.29, 0.717) is 18.3 Å². The second-order valence-electron chi connectivity index (χ2n) is 5.45. The van der Waals surface area contributed by atoms with Crippen molar-refractivity contribution in [1.29, 1.82) is 0 Å². The number of aliphatic hydroxyl groups excluding tert-OH is 1. The van der Waals surface area contributed by atoms with E-state index in [1.54, 1.807) is 12.1 Å². The maximum Gasteiger partial charge on any atom is 0.229 e. The van der Waals surface area contributed by atoms with Crippen molar-refractivity contribution in [2.45, 2.75) is 6.92 Å². The summed E-state index contributed by atoms with van der Waals surface area (Å²) < 4.78 is 0. The average molecular weight is 337 g/mol. The van der Waals surface area contributed by atoms with Crippen molar-refractivity contribution in [3.05, 3.63) is 48.5 Å². The van der Waals surface area contributed by atoms with Crippen LogP contribution in [0.15, 0.2) is 48.5 Å². The van der Waals surface area contributed by atoms with Crippen LogP contribution >= 0.6 is 0 Å². The molecule has 7 heteroatoms. The Morgan fingerprint density at radius 3 is 2.48 bits per heavy atom. The highest BCUT2D eigenvalue weighted by molar-refractivity contribution is 5.90. The summed E-state index contributed by atoms with van der Waals surface area (Å²) in [6.45, 7) is 1.90. The first-order valence-electron chi connectivity index (χ1n) is 7.92. The van der Waals surface area contributed by atoms with Crippen LogP contribution in [0.2, 0.25) is 0 Å². The van der Waals surface area contributed by atoms with E-state index in [4.69, 9.17) is 5.11 Å². The van der Waals surface area contributed by atoms with Gasteiger partial charge in [0.15, 0.2) is 0 Å². The van der Waals surface area contributed by atoms with Crippen LogP contribution < -0.4 is 16.0 Å². The summed E-state index contributed by atoms with van der Waals surface area (Å²) in [5.74, 6) is 1.00. The van der Waals surface area contributed by atoms with Gasteiger partial charge in [-0.2, -0.15) is 4.98 Å². The third-order valence-electron chi connectivity index (χ3n) is 3.47. The van der Waals surface area contributed by atoms with E-state index in [1.807, 2.05) is 36.4 Å². The molecule has 1 heterocycles. The third kappa shape index (κ3) is 4.21. The number of hydrogen-bond donors (Lipinski definition) is 4. The van der Waals surface area contributed by atoms with Crippen LogP contribution in [0.4, 0.5) is 23.1 Å². The molecule has 0 spiro atoms. The van der Waals surface area contributed by atoms with Gasteiger partial charge in [0, 0.05) is 30.2 Å². The molecule has 0 atom stereocenters. The van der Waals surface area contributed by atoms with E-state index in [0.717, 1.165) is 22.3 Å². The van der Waals surface area contributed by atoms with Crippen LogP contribution in [-0.4, -0.2) is 34.1 Å². The number of amides is 1. The number of carbonyl (C=O) groups is 1. The van der Waals surface area contributed by atoms with Gasteiger partial charge in [-0.3, -0.25) is 4.79 Å². The lowest BCUT2D eigenvalue weighted by Gasteiger charge is -2.11. The predicted molar refractivity (Wildman–Crippen MR) is 99.1 cm³/mol. The molecule has 0 bridgehead atoms. The van der Waals surface area contributed by atoms with Crippen LogP contribution in [0, 0.1) is 0 Å². The monoisotopic (exact) mass is 337 g/mol. The number of nitrogens with one attached hydrogen (secondary N) is 3. The molecule has 0 fully saturated rings. The molecule has 4 N–H and O–H groups in total. The zero-order valence-electron chi connectivity index (χ0n) is 13.8. The van der Waals surface area contributed by atoms with Crippen molar-refractivity contribution in [1.82, 2.24) is 9.97 Å². The second kappa shape index (κ2) is 7.59. The van der Waals surface area contributed by atoms with Crippen LogP contribution in [0.1, 0.15) is 6.92 Å². The van der Waals surface area contributed by atoms with Gasteiger partial charge in [-0.25, -0.2) is 4.98 Å². The normalized spacial score (nSPS) is 10.5. The topological polar surface area (TPSA) is 99.2 Å². The van der Waals surface area contributed by atoms with Gasteiger partial charge in [-0.15, -0.1) is 0 Å². The molecule has 0 saturated heterocycles. The van der Waals surface area contributed by atoms with Crippen LogP contribution in [-0.2, 0) is 4.79 Å². The van der Waals surface area contributed by atoms with Crippen molar-refractivity contribution >= 4 is 40.0 Å². The highest BCUT2D eigenvalue weighted by Crippen LogP contribution is 2.24. The summed E-state index contributed by atoms with van der Waals surface area (Å²) in [6, 6.07) is 15.0. The fourth-order valence-electron chi connectivity index (χ4n) is 2.41. The van der Waals surface area contributed by atoms with Crippen molar-refractivity contribution in [3.63, 3.8) is 0 Å². The van der Waals surface area contributed by atoms with E-state index in [9.17, 15) is 4.79 Å². The Balaban J connectivity index is 1.86. The molecule has 0 aliphatic heterocycles. The summed E-state index contributed by atoms with van der Waals surface area (Å²) in [6.07, 6.45) is 0. The molecule has 128 valence electrons. The molecular weight excluding hydrogens is 318 g/mol. The highest BCUT2D eigenvalue weighted by Gasteiger charge is 2.07. The molecule has 0 aliphatic rings. The van der Waals surface area contributed by atoms with Gasteiger partial charge in [0.05, 0.1) is 12.1 Å². The maximum atomic E-state index is 11.1. The summed E-state index contributed by atoms with van der Waals surface area (Å²) in [7, 11) is 0. The number of fused-ring (bicyclic) bond motifs is 1. The number of nitrogens with zero attached hydrogens (tertiary/aromatic N) is 2. The SMILES string of the molecule is CC(=O)Nc1ccc(Nc2nc(NCCO)c3ccccc3n2)cc1. The molecule has 1 amide bonds. The number of anilines is 4. The lowest BCUT2D eigenvalue weighted by atomic mass is 10.2. The minimum Gasteiger partial charge on any atom is -0.395 e. The zero-order valence-corrected chi connectivity index (χ0v) is 13.8. The number of rotatable bonds is 6. The predicted octanol–water partition coefficient (Wildman–Crippen LogP) is 2.74. The quantitative estimate of drug-likeness (QED) is 0.552. The van der Waals surface area contributed by atoms with E-state index in [2.05, 4.69) is 25.9 Å². The van der Waals surface area contributed by atoms with Gasteiger partial charge >= 0.3 is 0 Å². The largest absolute Gasteiger partial charge is 0.395 e. The molecule has 3 rings (SSSR count). The molecule has 25 heavy (non-hydrogen) atoms. The van der Waals surface area contributed by atoms with Gasteiger partial charge in [0.1, 0.15) is 5.82 Å². The summed E-state index contributed by atoms with van der Waals surface area (Å²) in [5, 5.41) is 18.9. The summed E-state index contributed by atoms with van der Waals surface area (Å²) in [5.41, 5.74) is 2.33. The zero-order chi connectivity index (χ0) is 17.6. The number of para-hydroxylation sites is 1. The van der Waals surface area contributed by atoms with Crippen molar-refractivity contribution in [2.24, 2.45) is 0 Å². The van der Waals surface area contributed by atoms with Gasteiger partial charge < -0.3 is 21.1 Å². The number of benzene rings is 2. The Morgan fingerprint density at radius 2 is 1.76 bits per heavy atom. The van der Waals surface area contributed by atoms with Gasteiger partial charge in [0.2, 0.25) is 11.9 Å². The Bertz CT molecular complexity index is 880. The lowest BCUT2D eigenvalue weighted by molar-refractivity contribution is -0.114. The summed E-state index contributed by atoms with van der Waals surface area (Å²) >= 11 is 0. The smallest absolute Gasteiger partial charge is 0.229 e. The fraction of sp³-hybridized carbons (Fsp3) is 0.167. The van der Waals surface area contributed by atoms with E-state index < -0.39 is 0 Å². The lowest BCUT2D eigenvalue weighted by Crippen LogP contribution is -2.09. The molecular formula is C18H19N5O2. The van der Waals surface area contributed by atoms with Crippen LogP contribution in [0.5, 0.6) is 0 Å². The van der Waals surface area contributed by atoms with Gasteiger partial charge in [-0.1, -0.05) is 12.1 Å². The Kier molecular flexibility index (Phi) is 5.06. The first-order chi connectivity index (χ1) is 12.2. The molecule has 3 aromatic rings. The molecule has 0 aliphatic carbocycles. The number of aliphatic hydroxyl groups is 1. The molecule has 7 nitrogen and oxygen atoms in total. The van der Waals surface area contributed by atoms with Crippen molar-refractivity contribution in [2.75, 3.05) is 29.1 Å². The Hall–Kier alpha value is -3.19. The third-order valence-corrected chi connectivity index (χ3v) is 3.47. The molecule has 1 aromatic heterocycles. The Morgan fingerprint density at radius 1 is 1.04 bits per heavy atom. The highest BCUT2D eigenvalue weighted by atomic mass is 16.3. The minimum absolute atomic E-state index is 0.0195. The van der Waals surface area contributed by atoms with Gasteiger partial charge in [-0.05, 0) is 36.4 Å². The van der Waals surface area contributed by atoms with E-state index >= 15 is 0 Å². The standard InChI is InChI=1S/C18H19N5O2/c1-12(25)20-13-6-8-14(9-7-13)21-18-22-16-5-3-2-4-15(16)17(23-18)19-10-11-24/h2-9,24H,10-11H2,1H3,(H,20,25)(H2,19,21,22,23). The molecule has 0 saturated carbocycles. The van der Waals surface area contributed by atoms with Crippen LogP contribution in [0.3, 0.4) is 0 Å². The van der Waals surface area contributed by atoms with Crippen molar-refractivity contribution < 1.29 is 9.90 Å². The maximum absolute atomic E-state index is 11.1. The fourth-order valence-corrected chi connectivity index (χ4v) is 2.41. The molecule has 2 aromatic carbocycles. The average Bonchev–Trinajstić information content (AvgIpc) is 2.61. The second-order valence-corrected chi connectivity index (χ2v) is 5.45. The first kappa shape index (κ1) is 16.7. The number of hydrogen-bond acceptors (Lipinski definition) is 6.